The molecule has 0 saturated heterocycles. The number of carbonyl (C=O) groups excluding carboxylic acids is 1. The molecule has 1 aliphatic heterocycles. The normalized spacial score (nSPS) is 16.5. The van der Waals surface area contributed by atoms with E-state index in [0.29, 0.717) is 6.42 Å². The van der Waals surface area contributed by atoms with Crippen molar-refractivity contribution >= 4 is 23.4 Å². The van der Waals surface area contributed by atoms with Crippen LogP contribution in [0.5, 0.6) is 0 Å². The van der Waals surface area contributed by atoms with Gasteiger partial charge < -0.3 is 9.69 Å². The lowest BCUT2D eigenvalue weighted by atomic mass is 9.75. The molecule has 3 aromatic rings. The smallest absolute Gasteiger partial charge is 0.129 e. The second kappa shape index (κ2) is 9.78. The Kier molecular flexibility index (Phi) is 6.65. The number of aliphatic imine (C=N–C) groups is 1. The Morgan fingerprint density at radius 2 is 1.59 bits per heavy atom. The highest BCUT2D eigenvalue weighted by Crippen LogP contribution is 2.44. The summed E-state index contributed by atoms with van der Waals surface area (Å²) in [5, 5.41) is 0. The summed E-state index contributed by atoms with van der Waals surface area (Å²) in [6.45, 7) is 7.27. The minimum atomic E-state index is -0.260. The zero-order chi connectivity index (χ0) is 22.4. The predicted octanol–water partition coefficient (Wildman–Crippen LogP) is 6.79. The summed E-state index contributed by atoms with van der Waals surface area (Å²) >= 11 is 0. The van der Waals surface area contributed by atoms with Crippen molar-refractivity contribution in [3.8, 4) is 0 Å². The zero-order valence-corrected chi connectivity index (χ0v) is 18.7. The molecule has 162 valence electrons. The molecular formula is C29H30N2O. The Bertz CT molecular complexity index is 1060. The molecule has 0 bridgehead atoms. The highest BCUT2D eigenvalue weighted by molar-refractivity contribution is 5.87. The van der Waals surface area contributed by atoms with Crippen molar-refractivity contribution in [1.29, 1.82) is 0 Å². The van der Waals surface area contributed by atoms with Gasteiger partial charge in [0.1, 0.15) is 5.78 Å². The number of nitrogens with zero attached hydrogens (tertiary/aromatic N) is 2. The summed E-state index contributed by atoms with van der Waals surface area (Å²) in [6, 6.07) is 27.7. The topological polar surface area (TPSA) is 32.7 Å². The molecule has 3 aromatic carbocycles. The van der Waals surface area contributed by atoms with Gasteiger partial charge in [-0.2, -0.15) is 0 Å². The fourth-order valence-corrected chi connectivity index (χ4v) is 4.46. The van der Waals surface area contributed by atoms with Crippen LogP contribution in [0, 0.1) is 0 Å². The largest absolute Gasteiger partial charge is 0.363 e. The molecule has 4 rings (SSSR count). The van der Waals surface area contributed by atoms with Crippen LogP contribution in [0.1, 0.15) is 42.9 Å². The van der Waals surface area contributed by atoms with Crippen LogP contribution < -0.4 is 4.90 Å². The molecule has 32 heavy (non-hydrogen) atoms. The van der Waals surface area contributed by atoms with Gasteiger partial charge >= 0.3 is 0 Å². The second-order valence-corrected chi connectivity index (χ2v) is 8.64. The van der Waals surface area contributed by atoms with E-state index in [2.05, 4.69) is 90.3 Å². The molecule has 0 spiro atoms. The fourth-order valence-electron chi connectivity index (χ4n) is 4.46. The minimum Gasteiger partial charge on any atom is -0.363 e. The lowest BCUT2D eigenvalue weighted by Crippen LogP contribution is -2.27. The number of fused-ring (bicyclic) bond motifs is 1. The van der Waals surface area contributed by atoms with Crippen molar-refractivity contribution in [1.82, 2.24) is 0 Å². The average molecular weight is 423 g/mol. The summed E-state index contributed by atoms with van der Waals surface area (Å²) in [6.07, 6.45) is 6.05. The van der Waals surface area contributed by atoms with Crippen molar-refractivity contribution < 1.29 is 4.79 Å². The maximum atomic E-state index is 11.8. The molecule has 3 heteroatoms. The van der Waals surface area contributed by atoms with Gasteiger partial charge in [-0.05, 0) is 54.7 Å². The van der Waals surface area contributed by atoms with Gasteiger partial charge in [-0.25, -0.2) is 0 Å². The number of benzene rings is 3. The molecule has 1 atom stereocenters. The maximum Gasteiger partial charge on any atom is 0.129 e. The molecule has 0 unspecified atom stereocenters. The molecule has 1 aliphatic rings. The van der Waals surface area contributed by atoms with E-state index in [4.69, 9.17) is 4.99 Å². The number of ketones is 1. The first-order chi connectivity index (χ1) is 15.6. The van der Waals surface area contributed by atoms with E-state index in [9.17, 15) is 4.79 Å². The van der Waals surface area contributed by atoms with E-state index in [-0.39, 0.29) is 11.2 Å². The summed E-state index contributed by atoms with van der Waals surface area (Å²) in [5.74, 6) is 0.209. The van der Waals surface area contributed by atoms with Gasteiger partial charge in [0.15, 0.2) is 0 Å². The number of Topliss-reactive ketones (excluding diaryl/α,β-unsaturated/α-hetero) is 1. The van der Waals surface area contributed by atoms with Gasteiger partial charge in [-0.1, -0.05) is 66.7 Å². The van der Waals surface area contributed by atoms with Crippen molar-refractivity contribution in [2.24, 2.45) is 4.99 Å². The summed E-state index contributed by atoms with van der Waals surface area (Å²) in [4.78, 5) is 18.9. The maximum absolute atomic E-state index is 11.8. The van der Waals surface area contributed by atoms with Crippen molar-refractivity contribution in [3.63, 3.8) is 0 Å². The summed E-state index contributed by atoms with van der Waals surface area (Å²) in [5.41, 5.74) is 5.64. The van der Waals surface area contributed by atoms with Gasteiger partial charge in [0.2, 0.25) is 0 Å². The van der Waals surface area contributed by atoms with Crippen LogP contribution in [0.4, 0.5) is 11.4 Å². The average Bonchev–Trinajstić information content (AvgIpc) is 3.17. The van der Waals surface area contributed by atoms with Crippen LogP contribution in [0.15, 0.2) is 96.5 Å². The molecule has 0 aliphatic carbocycles. The highest BCUT2D eigenvalue weighted by atomic mass is 16.1. The van der Waals surface area contributed by atoms with Crippen molar-refractivity contribution in [2.75, 3.05) is 4.90 Å². The minimum absolute atomic E-state index is 0.209. The fraction of sp³-hybridized carbons (Fsp3) is 0.241. The monoisotopic (exact) mass is 422 g/mol. The molecule has 0 fully saturated rings. The van der Waals surface area contributed by atoms with Crippen LogP contribution in [-0.4, -0.2) is 12.0 Å². The summed E-state index contributed by atoms with van der Waals surface area (Å²) in [7, 11) is 0. The van der Waals surface area contributed by atoms with E-state index >= 15 is 0 Å². The first-order valence-corrected chi connectivity index (χ1v) is 11.2. The van der Waals surface area contributed by atoms with Crippen LogP contribution in [0.25, 0.3) is 0 Å². The first kappa shape index (κ1) is 21.8. The predicted molar refractivity (Wildman–Crippen MR) is 134 cm³/mol. The van der Waals surface area contributed by atoms with Gasteiger partial charge in [-0.15, -0.1) is 6.58 Å². The number of carbonyl (C=O) groups is 1. The number of rotatable bonds is 10. The van der Waals surface area contributed by atoms with E-state index in [1.807, 2.05) is 12.3 Å². The Labute approximate surface area is 191 Å². The van der Waals surface area contributed by atoms with Crippen LogP contribution in [0.2, 0.25) is 0 Å². The van der Waals surface area contributed by atoms with E-state index in [1.54, 1.807) is 6.92 Å². The first-order valence-electron chi connectivity index (χ1n) is 11.2. The Morgan fingerprint density at radius 1 is 0.969 bits per heavy atom. The third-order valence-corrected chi connectivity index (χ3v) is 6.20. The quantitative estimate of drug-likeness (QED) is 0.337. The Balaban J connectivity index is 1.70. The number of hydrogen-bond donors (Lipinski definition) is 0. The zero-order valence-electron chi connectivity index (χ0n) is 18.7. The molecule has 1 heterocycles. The number of anilines is 1. The highest BCUT2D eigenvalue weighted by Gasteiger charge is 2.35. The molecule has 0 radical (unpaired) electrons. The summed E-state index contributed by atoms with van der Waals surface area (Å²) < 4.78 is 0. The van der Waals surface area contributed by atoms with Crippen molar-refractivity contribution in [3.05, 3.63) is 108 Å². The van der Waals surface area contributed by atoms with Crippen molar-refractivity contribution in [2.45, 2.75) is 44.7 Å². The van der Waals surface area contributed by atoms with E-state index < -0.39 is 0 Å². The molecule has 0 saturated carbocycles. The SMILES string of the molecule is C=CC[C@]1(CCC(C)=O)C=Nc2ccc(N(Cc3ccccc3)Cc3ccccc3)cc21. The molecule has 0 amide bonds. The Morgan fingerprint density at radius 3 is 2.16 bits per heavy atom. The Hall–Kier alpha value is -3.46. The number of hydrogen-bond acceptors (Lipinski definition) is 3. The number of allylic oxidation sites excluding steroid dienone is 1. The molecule has 0 N–H and O–H groups in total. The van der Waals surface area contributed by atoms with E-state index in [1.165, 1.54) is 22.4 Å². The second-order valence-electron chi connectivity index (χ2n) is 8.64. The lowest BCUT2D eigenvalue weighted by molar-refractivity contribution is -0.117. The molecular weight excluding hydrogens is 392 g/mol. The standard InChI is InChI=1S/C29H30N2O/c1-3-17-29(18-16-23(2)32)22-30-28-15-14-26(19-27(28)29)31(20-24-10-6-4-7-11-24)21-25-12-8-5-9-13-25/h3-15,19,22H,1,16-18,20-21H2,2H3/t29-/m0/s1. The molecule has 0 aromatic heterocycles. The van der Waals surface area contributed by atoms with E-state index in [0.717, 1.165) is 31.6 Å². The van der Waals surface area contributed by atoms with Gasteiger partial charge in [0.25, 0.3) is 0 Å². The van der Waals surface area contributed by atoms with Gasteiger partial charge in [0, 0.05) is 36.8 Å². The molecule has 3 nitrogen and oxygen atoms in total. The van der Waals surface area contributed by atoms with Gasteiger partial charge in [0.05, 0.1) is 5.69 Å². The van der Waals surface area contributed by atoms with Gasteiger partial charge in [-0.3, -0.25) is 4.99 Å². The third-order valence-electron chi connectivity index (χ3n) is 6.20. The lowest BCUT2D eigenvalue weighted by Gasteiger charge is -2.30. The van der Waals surface area contributed by atoms with Crippen LogP contribution >= 0.6 is 0 Å². The van der Waals surface area contributed by atoms with Crippen LogP contribution in [0.3, 0.4) is 0 Å². The third kappa shape index (κ3) is 4.88. The van der Waals surface area contributed by atoms with Crippen LogP contribution in [-0.2, 0) is 23.3 Å².